The summed E-state index contributed by atoms with van der Waals surface area (Å²) >= 11 is 10.5. The molecule has 0 fully saturated rings. The maximum atomic E-state index is 12.3. The van der Waals surface area contributed by atoms with Crippen molar-refractivity contribution in [2.75, 3.05) is 11.1 Å². The van der Waals surface area contributed by atoms with E-state index in [1.165, 1.54) is 11.3 Å². The van der Waals surface area contributed by atoms with E-state index in [0.717, 1.165) is 14.7 Å². The van der Waals surface area contributed by atoms with Crippen molar-refractivity contribution in [2.45, 2.75) is 0 Å². The number of aromatic nitrogens is 1. The van der Waals surface area contributed by atoms with E-state index in [0.29, 0.717) is 21.3 Å². The molecule has 3 N–H and O–H groups in total. The Morgan fingerprint density at radius 2 is 2.19 bits per heavy atom. The van der Waals surface area contributed by atoms with Crippen LogP contribution in [-0.4, -0.2) is 10.9 Å². The standard InChI is InChI=1S/C14H9BrClN3OS/c15-7-4-10-11(17)12(21-14(10)18-6-7)13(20)19-9-3-1-2-8(16)5-9/h1-6H,17H2,(H,19,20). The number of rotatable bonds is 2. The highest BCUT2D eigenvalue weighted by molar-refractivity contribution is 9.10. The summed E-state index contributed by atoms with van der Waals surface area (Å²) in [5, 5.41) is 4.11. The first-order valence-electron chi connectivity index (χ1n) is 5.95. The van der Waals surface area contributed by atoms with Gasteiger partial charge in [-0.05, 0) is 40.2 Å². The average molecular weight is 383 g/mol. The number of amides is 1. The molecule has 0 atom stereocenters. The number of fused-ring (bicyclic) bond motifs is 1. The van der Waals surface area contributed by atoms with Gasteiger partial charge in [0.2, 0.25) is 0 Å². The Kier molecular flexibility index (Phi) is 3.84. The van der Waals surface area contributed by atoms with Gasteiger partial charge in [0.05, 0.1) is 5.69 Å². The van der Waals surface area contributed by atoms with Gasteiger partial charge in [0.25, 0.3) is 5.91 Å². The van der Waals surface area contributed by atoms with Gasteiger partial charge < -0.3 is 11.1 Å². The number of thiophene rings is 1. The van der Waals surface area contributed by atoms with Gasteiger partial charge in [0.15, 0.2) is 0 Å². The maximum Gasteiger partial charge on any atom is 0.267 e. The van der Waals surface area contributed by atoms with Crippen molar-refractivity contribution >= 4 is 66.4 Å². The number of carbonyl (C=O) groups excluding carboxylic acids is 1. The Balaban J connectivity index is 1.96. The van der Waals surface area contributed by atoms with Crippen LogP contribution in [0.1, 0.15) is 9.67 Å². The zero-order valence-corrected chi connectivity index (χ0v) is 13.7. The minimum atomic E-state index is -0.270. The lowest BCUT2D eigenvalue weighted by molar-refractivity contribution is 0.103. The summed E-state index contributed by atoms with van der Waals surface area (Å²) in [5.74, 6) is -0.270. The van der Waals surface area contributed by atoms with E-state index in [4.69, 9.17) is 17.3 Å². The van der Waals surface area contributed by atoms with Gasteiger partial charge >= 0.3 is 0 Å². The molecule has 3 aromatic rings. The number of nitrogens with two attached hydrogens (primary N) is 1. The van der Waals surface area contributed by atoms with E-state index in [9.17, 15) is 4.79 Å². The average Bonchev–Trinajstić information content (AvgIpc) is 2.76. The van der Waals surface area contributed by atoms with Gasteiger partial charge in [-0.2, -0.15) is 0 Å². The molecule has 0 saturated heterocycles. The summed E-state index contributed by atoms with van der Waals surface area (Å²) in [6.07, 6.45) is 1.68. The van der Waals surface area contributed by atoms with Gasteiger partial charge in [-0.25, -0.2) is 4.98 Å². The summed E-state index contributed by atoms with van der Waals surface area (Å²) in [6, 6.07) is 8.81. The Labute approximate surface area is 138 Å². The molecule has 0 saturated carbocycles. The van der Waals surface area contributed by atoms with E-state index >= 15 is 0 Å². The first kappa shape index (κ1) is 14.3. The summed E-state index contributed by atoms with van der Waals surface area (Å²) in [4.78, 5) is 17.8. The number of halogens is 2. The number of benzene rings is 1. The lowest BCUT2D eigenvalue weighted by atomic mass is 10.2. The van der Waals surface area contributed by atoms with Crippen LogP contribution in [0.25, 0.3) is 10.2 Å². The van der Waals surface area contributed by atoms with Crippen LogP contribution in [0.2, 0.25) is 5.02 Å². The molecule has 0 bridgehead atoms. The fourth-order valence-electron chi connectivity index (χ4n) is 1.90. The molecule has 0 aliphatic rings. The SMILES string of the molecule is Nc1c(C(=O)Nc2cccc(Cl)c2)sc2ncc(Br)cc12. The number of carbonyl (C=O) groups is 1. The maximum absolute atomic E-state index is 12.3. The molecule has 7 heteroatoms. The quantitative estimate of drug-likeness (QED) is 0.683. The van der Waals surface area contributed by atoms with Crippen LogP contribution in [0.5, 0.6) is 0 Å². The minimum Gasteiger partial charge on any atom is -0.397 e. The molecule has 1 amide bonds. The third kappa shape index (κ3) is 2.88. The van der Waals surface area contributed by atoms with E-state index < -0.39 is 0 Å². The monoisotopic (exact) mass is 381 g/mol. The van der Waals surface area contributed by atoms with E-state index in [-0.39, 0.29) is 5.91 Å². The predicted octanol–water partition coefficient (Wildman–Crippen LogP) is 4.55. The molecule has 2 aromatic heterocycles. The van der Waals surface area contributed by atoms with Crippen molar-refractivity contribution in [3.8, 4) is 0 Å². The molecule has 106 valence electrons. The van der Waals surface area contributed by atoms with Crippen molar-refractivity contribution in [3.63, 3.8) is 0 Å². The Morgan fingerprint density at radius 3 is 2.95 bits per heavy atom. The number of pyridine rings is 1. The fraction of sp³-hybridized carbons (Fsp3) is 0. The van der Waals surface area contributed by atoms with Crippen LogP contribution >= 0.6 is 38.9 Å². The van der Waals surface area contributed by atoms with E-state index in [1.54, 1.807) is 30.5 Å². The van der Waals surface area contributed by atoms with Gasteiger partial charge in [0.1, 0.15) is 9.71 Å². The number of anilines is 2. The summed E-state index contributed by atoms with van der Waals surface area (Å²) in [7, 11) is 0. The van der Waals surface area contributed by atoms with Crippen LogP contribution in [0.4, 0.5) is 11.4 Å². The van der Waals surface area contributed by atoms with E-state index in [1.807, 2.05) is 6.07 Å². The fourth-order valence-corrected chi connectivity index (χ4v) is 3.36. The first-order valence-corrected chi connectivity index (χ1v) is 7.94. The summed E-state index contributed by atoms with van der Waals surface area (Å²) < 4.78 is 0.821. The summed E-state index contributed by atoms with van der Waals surface area (Å²) in [5.41, 5.74) is 7.11. The predicted molar refractivity (Wildman–Crippen MR) is 91.1 cm³/mol. The molecule has 0 spiro atoms. The largest absolute Gasteiger partial charge is 0.397 e. The molecule has 0 aliphatic carbocycles. The first-order chi connectivity index (χ1) is 10.0. The zero-order chi connectivity index (χ0) is 15.0. The molecule has 0 aliphatic heterocycles. The van der Waals surface area contributed by atoms with Crippen molar-refractivity contribution < 1.29 is 4.79 Å². The zero-order valence-electron chi connectivity index (χ0n) is 10.6. The molecular formula is C14H9BrClN3OS. The second-order valence-electron chi connectivity index (χ2n) is 4.32. The highest BCUT2D eigenvalue weighted by Crippen LogP contribution is 2.34. The number of nitrogens with one attached hydrogen (secondary N) is 1. The lowest BCUT2D eigenvalue weighted by Crippen LogP contribution is -2.11. The van der Waals surface area contributed by atoms with Crippen molar-refractivity contribution in [1.82, 2.24) is 4.98 Å². The normalized spacial score (nSPS) is 10.8. The molecule has 21 heavy (non-hydrogen) atoms. The molecule has 2 heterocycles. The molecular weight excluding hydrogens is 374 g/mol. The third-order valence-corrected chi connectivity index (χ3v) is 4.64. The highest BCUT2D eigenvalue weighted by atomic mass is 79.9. The number of hydrogen-bond acceptors (Lipinski definition) is 4. The molecule has 4 nitrogen and oxygen atoms in total. The Hall–Kier alpha value is -1.63. The van der Waals surface area contributed by atoms with Crippen LogP contribution in [0.3, 0.4) is 0 Å². The third-order valence-electron chi connectivity index (χ3n) is 2.84. The lowest BCUT2D eigenvalue weighted by Gasteiger charge is -2.04. The van der Waals surface area contributed by atoms with Crippen LogP contribution < -0.4 is 11.1 Å². The smallest absolute Gasteiger partial charge is 0.267 e. The Morgan fingerprint density at radius 1 is 1.38 bits per heavy atom. The Bertz CT molecular complexity index is 849. The van der Waals surface area contributed by atoms with Crippen molar-refractivity contribution in [3.05, 3.63) is 50.9 Å². The number of hydrogen-bond donors (Lipinski definition) is 2. The van der Waals surface area contributed by atoms with E-state index in [2.05, 4.69) is 26.2 Å². The number of nitrogen functional groups attached to an aromatic ring is 1. The topological polar surface area (TPSA) is 68.0 Å². The second kappa shape index (κ2) is 5.63. The second-order valence-corrected chi connectivity index (χ2v) is 6.67. The highest BCUT2D eigenvalue weighted by Gasteiger charge is 2.17. The molecule has 0 radical (unpaired) electrons. The van der Waals surface area contributed by atoms with Gasteiger partial charge in [0, 0.05) is 26.8 Å². The van der Waals surface area contributed by atoms with Crippen LogP contribution in [0.15, 0.2) is 41.0 Å². The minimum absolute atomic E-state index is 0.270. The van der Waals surface area contributed by atoms with Crippen LogP contribution in [-0.2, 0) is 0 Å². The van der Waals surface area contributed by atoms with Crippen molar-refractivity contribution in [1.29, 1.82) is 0 Å². The molecule has 1 aromatic carbocycles. The van der Waals surface area contributed by atoms with Gasteiger partial charge in [-0.1, -0.05) is 17.7 Å². The molecule has 3 rings (SSSR count). The number of nitrogens with zero attached hydrogens (tertiary/aromatic N) is 1. The van der Waals surface area contributed by atoms with Crippen LogP contribution in [0, 0.1) is 0 Å². The van der Waals surface area contributed by atoms with Crippen molar-refractivity contribution in [2.24, 2.45) is 0 Å². The van der Waals surface area contributed by atoms with Gasteiger partial charge in [-0.15, -0.1) is 11.3 Å². The van der Waals surface area contributed by atoms with Gasteiger partial charge in [-0.3, -0.25) is 4.79 Å². The summed E-state index contributed by atoms with van der Waals surface area (Å²) in [6.45, 7) is 0. The molecule has 0 unspecified atom stereocenters.